The van der Waals surface area contributed by atoms with Crippen LogP contribution in [0.1, 0.15) is 1.43 Å². The molecule has 0 aliphatic rings. The second-order valence-corrected chi connectivity index (χ2v) is 12.6. The molecule has 0 saturated carbocycles. The fraction of sp³-hybridized carbons (Fsp3) is 0.231. The molecule has 0 fully saturated rings. The first-order chi connectivity index (χ1) is 12.4. The van der Waals surface area contributed by atoms with E-state index in [0.29, 0.717) is 18.8 Å². The molecular weight excluding hydrogens is 481 g/mol. The summed E-state index contributed by atoms with van der Waals surface area (Å²) < 4.78 is 109. The molecule has 0 saturated heterocycles. The third kappa shape index (κ3) is 6.04. The molecule has 0 amide bonds. The smallest absolute Gasteiger partial charge is 1.00 e. The maximum absolute atomic E-state index is 12.0. The van der Waals surface area contributed by atoms with Crippen LogP contribution in [0.3, 0.4) is 0 Å². The van der Waals surface area contributed by atoms with Gasteiger partial charge in [0.2, 0.25) is 20.0 Å². The number of rotatable bonds is 6. The normalized spacial score (nSPS) is 13.0. The summed E-state index contributed by atoms with van der Waals surface area (Å²) >= 11 is 0. The van der Waals surface area contributed by atoms with Crippen molar-refractivity contribution in [1.82, 2.24) is 0 Å². The van der Waals surface area contributed by atoms with E-state index in [0.717, 1.165) is 18.2 Å². The Morgan fingerprint density at radius 1 is 0.828 bits per heavy atom. The van der Waals surface area contributed by atoms with Gasteiger partial charge >= 0.3 is 39.7 Å². The van der Waals surface area contributed by atoms with E-state index in [9.17, 15) is 38.2 Å². The van der Waals surface area contributed by atoms with Crippen LogP contribution in [-0.4, -0.2) is 57.0 Å². The van der Waals surface area contributed by atoms with Gasteiger partial charge in [-0.1, -0.05) is 18.2 Å². The molecule has 0 unspecified atom stereocenters. The summed E-state index contributed by atoms with van der Waals surface area (Å²) in [6, 6.07) is 5.26. The van der Waals surface area contributed by atoms with Gasteiger partial charge in [0.05, 0.1) is 24.5 Å². The molecule has 0 aliphatic carbocycles. The number of fused-ring (bicyclic) bond motifs is 1. The van der Waals surface area contributed by atoms with Crippen molar-refractivity contribution in [3.05, 3.63) is 30.3 Å². The first-order valence-corrected chi connectivity index (χ1v) is 14.0. The summed E-state index contributed by atoms with van der Waals surface area (Å²) in [5.74, 6) is -0.800. The van der Waals surface area contributed by atoms with Crippen molar-refractivity contribution in [3.8, 4) is 5.75 Å². The molecule has 2 aromatic carbocycles. The van der Waals surface area contributed by atoms with Gasteiger partial charge in [-0.05, 0) is 12.1 Å². The van der Waals surface area contributed by atoms with E-state index in [1.54, 1.807) is 0 Å². The van der Waals surface area contributed by atoms with Crippen molar-refractivity contribution >= 4 is 56.7 Å². The Hall–Kier alpha value is -0.940. The number of sulfonamides is 2. The molecule has 0 bridgehead atoms. The fourth-order valence-electron chi connectivity index (χ4n) is 2.50. The van der Waals surface area contributed by atoms with Crippen molar-refractivity contribution in [3.63, 3.8) is 0 Å². The number of anilines is 1. The summed E-state index contributed by atoms with van der Waals surface area (Å²) in [7, 11) is -17.9. The van der Waals surface area contributed by atoms with Gasteiger partial charge in [0.25, 0.3) is 10.1 Å². The van der Waals surface area contributed by atoms with Crippen molar-refractivity contribution in [1.29, 1.82) is 0 Å². The summed E-state index contributed by atoms with van der Waals surface area (Å²) in [4.78, 5) is -0.896. The van der Waals surface area contributed by atoms with E-state index in [1.165, 1.54) is 12.1 Å². The van der Waals surface area contributed by atoms with E-state index in [1.807, 2.05) is 0 Å². The fourth-order valence-corrected chi connectivity index (χ4v) is 6.66. The van der Waals surface area contributed by atoms with Gasteiger partial charge < -0.3 is 5.61 Å². The van der Waals surface area contributed by atoms with E-state index < -0.39 is 50.9 Å². The molecule has 158 valence electrons. The largest absolute Gasteiger partial charge is 1.00 e. The zero-order valence-electron chi connectivity index (χ0n) is 16.6. The van der Waals surface area contributed by atoms with Crippen LogP contribution in [0, 0.1) is 0 Å². The first-order valence-electron chi connectivity index (χ1n) is 7.06. The van der Waals surface area contributed by atoms with Gasteiger partial charge in [0.1, 0.15) is 4.90 Å². The quantitative estimate of drug-likeness (QED) is 0.251. The maximum Gasteiger partial charge on any atom is 1.00 e. The summed E-state index contributed by atoms with van der Waals surface area (Å²) in [5, 5.41) is -0.403. The van der Waals surface area contributed by atoms with Crippen LogP contribution in [-0.2, 0) is 40.3 Å². The number of benzene rings is 2. The Bertz CT molecular complexity index is 1350. The van der Waals surface area contributed by atoms with Gasteiger partial charge in [0.15, 0.2) is 5.75 Å². The predicted molar refractivity (Wildman–Crippen MR) is 103 cm³/mol. The third-order valence-corrected chi connectivity index (χ3v) is 7.83. The van der Waals surface area contributed by atoms with Gasteiger partial charge in [-0.2, -0.15) is 20.5 Å². The molecule has 0 aliphatic heterocycles. The molecule has 16 heteroatoms. The minimum absolute atomic E-state index is 0. The predicted octanol–water partition coefficient (Wildman–Crippen LogP) is -2.73. The summed E-state index contributed by atoms with van der Waals surface area (Å²) in [6.07, 6.45) is 1.92. The molecule has 11 nitrogen and oxygen atoms in total. The van der Waals surface area contributed by atoms with Gasteiger partial charge in [-0.25, -0.2) is 16.8 Å². The van der Waals surface area contributed by atoms with Crippen molar-refractivity contribution in [2.45, 2.75) is 4.90 Å². The summed E-state index contributed by atoms with van der Waals surface area (Å²) in [6.45, 7) is 0. The molecule has 0 radical (unpaired) electrons. The second kappa shape index (κ2) is 8.30. The Kier molecular flexibility index (Phi) is 7.47. The molecule has 0 spiro atoms. The molecule has 0 heterocycles. The summed E-state index contributed by atoms with van der Waals surface area (Å²) in [5.41, 5.74) is -0.386. The Labute approximate surface area is 192 Å². The first kappa shape index (κ1) is 26.1. The van der Waals surface area contributed by atoms with E-state index in [4.69, 9.17) is 4.18 Å². The van der Waals surface area contributed by atoms with Crippen LogP contribution in [0.25, 0.3) is 10.8 Å². The van der Waals surface area contributed by atoms with Crippen molar-refractivity contribution in [2.75, 3.05) is 22.5 Å². The molecule has 29 heavy (non-hydrogen) atoms. The minimum Gasteiger partial charge on any atom is -1.00 e. The zero-order valence-corrected chi connectivity index (χ0v) is 20.9. The average molecular weight is 498 g/mol. The van der Waals surface area contributed by atoms with Gasteiger partial charge in [-0.15, -0.1) is 0 Å². The van der Waals surface area contributed by atoms with E-state index in [2.05, 4.69) is 0 Å². The monoisotopic (exact) mass is 497 g/mol. The Morgan fingerprint density at radius 3 is 1.76 bits per heavy atom. The number of nitrogens with zero attached hydrogens (tertiary/aromatic N) is 1. The number of hydrogen-bond acceptors (Lipinski definition) is 9. The average Bonchev–Trinajstić information content (AvgIpc) is 2.42. The van der Waals surface area contributed by atoms with E-state index in [-0.39, 0.29) is 51.2 Å². The van der Waals surface area contributed by atoms with E-state index >= 15 is 0 Å². The van der Waals surface area contributed by atoms with Crippen molar-refractivity contribution < 1.29 is 73.4 Å². The van der Waals surface area contributed by atoms with Crippen molar-refractivity contribution in [2.24, 2.45) is 0 Å². The van der Waals surface area contributed by atoms with Crippen LogP contribution in [0.2, 0.25) is 0 Å². The van der Waals surface area contributed by atoms with Crippen LogP contribution in [0.4, 0.5) is 5.69 Å². The molecule has 0 atom stereocenters. The molecule has 0 aromatic heterocycles. The minimum atomic E-state index is -4.93. The SMILES string of the molecule is CS(=O)(=O)Oc1c(S(=O)(=O)O)ccc2c(N(S(C)(=O)=O)S(C)(=O)=O)cccc12.[H-].[Na+]. The van der Waals surface area contributed by atoms with Gasteiger partial charge in [0, 0.05) is 10.8 Å². The molecule has 2 aromatic rings. The maximum atomic E-state index is 12.0. The standard InChI is InChI=1S/C13H15NO10S4.Na.H/c1-25(15,16)14(26(2,17)18)11-6-4-5-10-9(11)7-8-12(28(21,22)23)13(10)24-27(3,19)20;;/h4-8H,1-3H3,(H,21,22,23);;/q;+1;-1. The van der Waals surface area contributed by atoms with Crippen LogP contribution < -0.4 is 37.5 Å². The number of hydrogen-bond donors (Lipinski definition) is 1. The Morgan fingerprint density at radius 2 is 1.34 bits per heavy atom. The Balaban J connectivity index is 0.00000420. The topological polar surface area (TPSA) is 169 Å². The molecular formula is C13H16NNaO10S4. The zero-order chi connectivity index (χ0) is 21.7. The van der Waals surface area contributed by atoms with Crippen LogP contribution >= 0.6 is 0 Å². The third-order valence-electron chi connectivity index (χ3n) is 3.26. The van der Waals surface area contributed by atoms with Crippen LogP contribution in [0.5, 0.6) is 5.75 Å². The molecule has 2 rings (SSSR count). The van der Waals surface area contributed by atoms with Gasteiger partial charge in [-0.3, -0.25) is 4.55 Å². The molecule has 1 N–H and O–H groups in total. The van der Waals surface area contributed by atoms with Crippen LogP contribution in [0.15, 0.2) is 35.2 Å². The second-order valence-electron chi connectivity index (χ2n) is 5.75.